The minimum absolute atomic E-state index is 0.0775. The lowest BCUT2D eigenvalue weighted by Gasteiger charge is -2.32. The van der Waals surface area contributed by atoms with Crippen molar-refractivity contribution in [1.82, 2.24) is 0 Å². The number of aliphatic carboxylic acids is 1. The molecule has 0 spiro atoms. The maximum Gasteiger partial charge on any atom is 0.306 e. The number of hydrogen-bond donors (Lipinski definition) is 1. The number of carboxylic acids is 1. The van der Waals surface area contributed by atoms with Gasteiger partial charge in [0.2, 0.25) is 0 Å². The fourth-order valence-electron chi connectivity index (χ4n) is 3.18. The molecule has 0 heterocycles. The minimum Gasteiger partial charge on any atom is -0.490 e. The first-order valence-corrected chi connectivity index (χ1v) is 9.11. The van der Waals surface area contributed by atoms with E-state index in [-0.39, 0.29) is 17.8 Å². The fourth-order valence-corrected chi connectivity index (χ4v) is 3.18. The van der Waals surface area contributed by atoms with Gasteiger partial charge in [0.05, 0.1) is 5.92 Å². The molecule has 4 nitrogen and oxygen atoms in total. The number of carboxylic acid groups (broad SMARTS) is 1. The quantitative estimate of drug-likeness (QED) is 0.613. The lowest BCUT2D eigenvalue weighted by molar-refractivity contribution is -0.147. The van der Waals surface area contributed by atoms with Crippen molar-refractivity contribution in [2.75, 3.05) is 0 Å². The number of para-hydroxylation sites is 1. The second-order valence-corrected chi connectivity index (χ2v) is 6.83. The van der Waals surface area contributed by atoms with Gasteiger partial charge in [-0.15, -0.1) is 0 Å². The van der Waals surface area contributed by atoms with Crippen molar-refractivity contribution in [3.63, 3.8) is 0 Å². The fraction of sp³-hybridized carbons (Fsp3) is 0.174. The molecule has 0 amide bonds. The van der Waals surface area contributed by atoms with Gasteiger partial charge >= 0.3 is 5.97 Å². The highest BCUT2D eigenvalue weighted by atomic mass is 19.1. The van der Waals surface area contributed by atoms with Gasteiger partial charge in [-0.2, -0.15) is 0 Å². The van der Waals surface area contributed by atoms with Crippen molar-refractivity contribution in [1.29, 1.82) is 0 Å². The maximum atomic E-state index is 14.3. The molecular weight excluding hydrogens is 359 g/mol. The summed E-state index contributed by atoms with van der Waals surface area (Å²) >= 11 is 0. The molecule has 3 aromatic carbocycles. The molecule has 28 heavy (non-hydrogen) atoms. The molecule has 5 heteroatoms. The van der Waals surface area contributed by atoms with Gasteiger partial charge in [0.25, 0.3) is 0 Å². The molecule has 142 valence electrons. The molecule has 1 fully saturated rings. The van der Waals surface area contributed by atoms with Crippen LogP contribution in [0.15, 0.2) is 72.8 Å². The number of rotatable bonds is 6. The van der Waals surface area contributed by atoms with E-state index in [1.54, 1.807) is 36.4 Å². The van der Waals surface area contributed by atoms with Crippen molar-refractivity contribution >= 4 is 5.97 Å². The highest BCUT2D eigenvalue weighted by Gasteiger charge is 2.35. The molecule has 0 unspecified atom stereocenters. The summed E-state index contributed by atoms with van der Waals surface area (Å²) in [6.07, 6.45) is 0.959. The number of carbonyl (C=O) groups is 1. The molecule has 0 aromatic heterocycles. The predicted octanol–water partition coefficient (Wildman–Crippen LogP) is 5.53. The van der Waals surface area contributed by atoms with Crippen LogP contribution < -0.4 is 9.47 Å². The van der Waals surface area contributed by atoms with Crippen molar-refractivity contribution in [2.45, 2.75) is 18.9 Å². The van der Waals surface area contributed by atoms with Crippen LogP contribution in [0, 0.1) is 11.7 Å². The molecule has 0 radical (unpaired) electrons. The maximum absolute atomic E-state index is 14.3. The van der Waals surface area contributed by atoms with Gasteiger partial charge in [-0.1, -0.05) is 30.3 Å². The normalized spacial score (nSPS) is 18.2. The highest BCUT2D eigenvalue weighted by molar-refractivity contribution is 5.71. The van der Waals surface area contributed by atoms with E-state index in [2.05, 4.69) is 0 Å². The molecule has 0 bridgehead atoms. The number of halogens is 1. The van der Waals surface area contributed by atoms with Crippen molar-refractivity contribution in [3.05, 3.63) is 78.6 Å². The Bertz CT molecular complexity index is 964. The average Bonchev–Trinajstić information content (AvgIpc) is 2.67. The first kappa shape index (κ1) is 18.0. The van der Waals surface area contributed by atoms with Crippen molar-refractivity contribution < 1.29 is 23.8 Å². The monoisotopic (exact) mass is 378 g/mol. The molecule has 4 rings (SSSR count). The molecule has 3 aromatic rings. The van der Waals surface area contributed by atoms with Crippen LogP contribution in [0.4, 0.5) is 4.39 Å². The second-order valence-electron chi connectivity index (χ2n) is 6.83. The van der Waals surface area contributed by atoms with E-state index in [0.29, 0.717) is 41.2 Å². The van der Waals surface area contributed by atoms with E-state index in [1.807, 2.05) is 30.3 Å². The summed E-state index contributed by atoms with van der Waals surface area (Å²) in [6, 6.07) is 21.1. The highest BCUT2D eigenvalue weighted by Crippen LogP contribution is 2.34. The zero-order valence-corrected chi connectivity index (χ0v) is 15.0. The third kappa shape index (κ3) is 3.98. The van der Waals surface area contributed by atoms with Gasteiger partial charge in [0.15, 0.2) is 0 Å². The average molecular weight is 378 g/mol. The van der Waals surface area contributed by atoms with E-state index in [1.165, 1.54) is 6.07 Å². The molecular formula is C23H19FO4. The Morgan fingerprint density at radius 2 is 1.57 bits per heavy atom. The molecule has 0 saturated heterocycles. The zero-order chi connectivity index (χ0) is 19.5. The smallest absolute Gasteiger partial charge is 0.306 e. The van der Waals surface area contributed by atoms with E-state index >= 15 is 0 Å². The Labute approximate surface area is 162 Å². The number of benzene rings is 3. The Hall–Kier alpha value is -3.34. The summed E-state index contributed by atoms with van der Waals surface area (Å²) in [5, 5.41) is 8.92. The Morgan fingerprint density at radius 3 is 2.25 bits per heavy atom. The molecule has 1 N–H and O–H groups in total. The minimum atomic E-state index is -0.775. The van der Waals surface area contributed by atoms with Crippen LogP contribution in [0.3, 0.4) is 0 Å². The third-order valence-corrected chi connectivity index (χ3v) is 4.83. The van der Waals surface area contributed by atoms with Gasteiger partial charge in [-0.3, -0.25) is 4.79 Å². The van der Waals surface area contributed by atoms with Gasteiger partial charge < -0.3 is 14.6 Å². The van der Waals surface area contributed by atoms with Crippen LogP contribution in [0.5, 0.6) is 17.2 Å². The lowest BCUT2D eigenvalue weighted by Crippen LogP contribution is -2.38. The van der Waals surface area contributed by atoms with Crippen LogP contribution in [0.2, 0.25) is 0 Å². The number of ether oxygens (including phenoxy) is 2. The summed E-state index contributed by atoms with van der Waals surface area (Å²) in [5.74, 6) is 0.460. The largest absolute Gasteiger partial charge is 0.490 e. The van der Waals surface area contributed by atoms with E-state index in [9.17, 15) is 9.18 Å². The van der Waals surface area contributed by atoms with Gasteiger partial charge in [0, 0.05) is 5.56 Å². The van der Waals surface area contributed by atoms with Crippen LogP contribution in [-0.4, -0.2) is 17.2 Å². The van der Waals surface area contributed by atoms with Gasteiger partial charge in [-0.05, 0) is 60.9 Å². The Kier molecular flexibility index (Phi) is 4.98. The summed E-state index contributed by atoms with van der Waals surface area (Å²) in [6.45, 7) is 0. The van der Waals surface area contributed by atoms with Crippen molar-refractivity contribution in [2.24, 2.45) is 5.92 Å². The second kappa shape index (κ2) is 7.72. The third-order valence-electron chi connectivity index (χ3n) is 4.83. The van der Waals surface area contributed by atoms with Gasteiger partial charge in [-0.25, -0.2) is 4.39 Å². The van der Waals surface area contributed by atoms with Crippen LogP contribution in [0.25, 0.3) is 11.1 Å². The molecule has 1 aliphatic carbocycles. The first-order valence-electron chi connectivity index (χ1n) is 9.11. The van der Waals surface area contributed by atoms with Crippen molar-refractivity contribution in [3.8, 4) is 28.4 Å². The molecule has 1 aliphatic rings. The topological polar surface area (TPSA) is 55.8 Å². The zero-order valence-electron chi connectivity index (χ0n) is 15.0. The summed E-state index contributed by atoms with van der Waals surface area (Å²) in [4.78, 5) is 10.9. The van der Waals surface area contributed by atoms with Crippen LogP contribution in [-0.2, 0) is 4.79 Å². The van der Waals surface area contributed by atoms with E-state index in [4.69, 9.17) is 14.6 Å². The first-order chi connectivity index (χ1) is 13.6. The Morgan fingerprint density at radius 1 is 0.893 bits per heavy atom. The Balaban J connectivity index is 1.46. The summed E-state index contributed by atoms with van der Waals surface area (Å²) in [7, 11) is 0. The molecule has 0 aliphatic heterocycles. The standard InChI is InChI=1S/C23H19FO4/c24-22-11-10-19(27-17-4-2-1-3-5-17)14-21(22)15-6-8-18(9-7-15)28-20-12-16(13-20)23(25)26/h1-11,14,16,20H,12-13H2,(H,25,26)/t16-,20-. The van der Waals surface area contributed by atoms with Gasteiger partial charge in [0.1, 0.15) is 29.2 Å². The summed E-state index contributed by atoms with van der Waals surface area (Å²) < 4.78 is 25.9. The van der Waals surface area contributed by atoms with Crippen LogP contribution in [0.1, 0.15) is 12.8 Å². The van der Waals surface area contributed by atoms with E-state index in [0.717, 1.165) is 0 Å². The summed E-state index contributed by atoms with van der Waals surface area (Å²) in [5.41, 5.74) is 1.15. The molecule has 0 atom stereocenters. The van der Waals surface area contributed by atoms with E-state index < -0.39 is 5.97 Å². The van der Waals surface area contributed by atoms with Crippen LogP contribution >= 0.6 is 0 Å². The SMILES string of the molecule is O=C(O)[C@H]1C[C@H](Oc2ccc(-c3cc(Oc4ccccc4)ccc3F)cc2)C1. The predicted molar refractivity (Wildman–Crippen MR) is 103 cm³/mol. The molecule has 1 saturated carbocycles. The number of hydrogen-bond acceptors (Lipinski definition) is 3. The lowest BCUT2D eigenvalue weighted by atomic mass is 9.82.